The molecular formula is C22H20N4O3S. The zero-order valence-electron chi connectivity index (χ0n) is 16.3. The van der Waals surface area contributed by atoms with E-state index in [-0.39, 0.29) is 17.2 Å². The van der Waals surface area contributed by atoms with Gasteiger partial charge in [0, 0.05) is 40.6 Å². The normalized spacial score (nSPS) is 19.6. The minimum Gasteiger partial charge on any atom is -0.361 e. The van der Waals surface area contributed by atoms with Crippen LogP contribution >= 0.6 is 0 Å². The van der Waals surface area contributed by atoms with E-state index < -0.39 is 22.9 Å². The molecular weight excluding hydrogens is 400 g/mol. The lowest BCUT2D eigenvalue weighted by atomic mass is 10.0. The third-order valence-electron chi connectivity index (χ3n) is 5.57. The molecule has 0 bridgehead atoms. The Morgan fingerprint density at radius 2 is 1.80 bits per heavy atom. The van der Waals surface area contributed by atoms with E-state index >= 15 is 0 Å². The molecule has 2 aromatic heterocycles. The Labute approximate surface area is 174 Å². The van der Waals surface area contributed by atoms with Gasteiger partial charge in [-0.05, 0) is 23.8 Å². The lowest BCUT2D eigenvalue weighted by molar-refractivity contribution is -0.126. The average molecular weight is 420 g/mol. The molecule has 0 spiro atoms. The van der Waals surface area contributed by atoms with Crippen molar-refractivity contribution in [3.63, 3.8) is 0 Å². The summed E-state index contributed by atoms with van der Waals surface area (Å²) in [5, 5.41) is 4.43. The van der Waals surface area contributed by atoms with Gasteiger partial charge in [0.15, 0.2) is 0 Å². The zero-order valence-corrected chi connectivity index (χ0v) is 17.1. The van der Waals surface area contributed by atoms with Gasteiger partial charge in [0.1, 0.15) is 11.9 Å². The minimum absolute atomic E-state index is 0.205. The molecule has 2 aromatic carbocycles. The fourth-order valence-corrected chi connectivity index (χ4v) is 4.91. The third-order valence-corrected chi connectivity index (χ3v) is 6.37. The van der Waals surface area contributed by atoms with Gasteiger partial charge in [-0.15, -0.1) is 0 Å². The first-order chi connectivity index (χ1) is 14.5. The van der Waals surface area contributed by atoms with Crippen molar-refractivity contribution in [2.24, 2.45) is 0 Å². The first-order valence-electron chi connectivity index (χ1n) is 9.69. The van der Waals surface area contributed by atoms with Crippen LogP contribution < -0.4 is 10.9 Å². The predicted molar refractivity (Wildman–Crippen MR) is 117 cm³/mol. The molecule has 5 rings (SSSR count). The molecule has 0 radical (unpaired) electrons. The van der Waals surface area contributed by atoms with Crippen molar-refractivity contribution in [2.45, 2.75) is 18.5 Å². The molecule has 4 aromatic rings. The SMILES string of the molecule is CS(=O)C[C@@H]1NC(=O)[C@H](Cc2c[nH]c3ccccc23)n2c1nc1ccccc1c2=O. The van der Waals surface area contributed by atoms with Gasteiger partial charge >= 0.3 is 0 Å². The topological polar surface area (TPSA) is 96.8 Å². The molecule has 0 fully saturated rings. The largest absolute Gasteiger partial charge is 0.361 e. The summed E-state index contributed by atoms with van der Waals surface area (Å²) in [6.45, 7) is 0. The summed E-state index contributed by atoms with van der Waals surface area (Å²) in [5.41, 5.74) is 2.26. The number of para-hydroxylation sites is 2. The van der Waals surface area contributed by atoms with E-state index in [1.165, 1.54) is 4.57 Å². The number of carbonyl (C=O) groups is 1. The van der Waals surface area contributed by atoms with E-state index in [0.717, 1.165) is 16.5 Å². The second-order valence-electron chi connectivity index (χ2n) is 7.54. The van der Waals surface area contributed by atoms with Crippen molar-refractivity contribution >= 4 is 38.5 Å². The highest BCUT2D eigenvalue weighted by Crippen LogP contribution is 2.28. The Morgan fingerprint density at radius 3 is 2.60 bits per heavy atom. The highest BCUT2D eigenvalue weighted by atomic mass is 32.2. The van der Waals surface area contributed by atoms with Gasteiger partial charge in [-0.1, -0.05) is 30.3 Å². The second-order valence-corrected chi connectivity index (χ2v) is 9.02. The zero-order chi connectivity index (χ0) is 20.8. The maximum atomic E-state index is 13.4. The molecule has 0 aliphatic carbocycles. The highest BCUT2D eigenvalue weighted by molar-refractivity contribution is 7.84. The van der Waals surface area contributed by atoms with Crippen LogP contribution in [0.3, 0.4) is 0 Å². The Balaban J connectivity index is 1.69. The molecule has 3 heterocycles. The van der Waals surface area contributed by atoms with E-state index in [2.05, 4.69) is 10.3 Å². The van der Waals surface area contributed by atoms with Gasteiger partial charge in [0.25, 0.3) is 5.56 Å². The standard InChI is InChI=1S/C22H20N4O3S/c1-30(29)12-18-20-24-17-9-5-3-7-15(17)22(28)26(20)19(21(27)25-18)10-13-11-23-16-8-4-2-6-14(13)16/h2-9,11,18-19,23H,10,12H2,1H3,(H,25,27)/t18-,19-,30?/m0/s1. The van der Waals surface area contributed by atoms with Crippen LogP contribution in [0.15, 0.2) is 59.5 Å². The number of benzene rings is 2. The fraction of sp³-hybridized carbons (Fsp3) is 0.227. The summed E-state index contributed by atoms with van der Waals surface area (Å²) in [7, 11) is -1.16. The molecule has 1 unspecified atom stereocenters. The predicted octanol–water partition coefficient (Wildman–Crippen LogP) is 2.21. The van der Waals surface area contributed by atoms with Crippen LogP contribution in [-0.2, 0) is 22.0 Å². The number of fused-ring (bicyclic) bond motifs is 3. The molecule has 3 atom stereocenters. The van der Waals surface area contributed by atoms with Crippen LogP contribution in [0.25, 0.3) is 21.8 Å². The Bertz CT molecular complexity index is 1370. The lowest BCUT2D eigenvalue weighted by Gasteiger charge is -2.32. The molecule has 152 valence electrons. The van der Waals surface area contributed by atoms with Gasteiger partial charge in [0.2, 0.25) is 5.91 Å². The minimum atomic E-state index is -1.16. The van der Waals surface area contributed by atoms with Crippen molar-refractivity contribution in [2.75, 3.05) is 12.0 Å². The molecule has 7 nitrogen and oxygen atoms in total. The maximum Gasteiger partial charge on any atom is 0.262 e. The van der Waals surface area contributed by atoms with Gasteiger partial charge in [0.05, 0.1) is 22.7 Å². The number of nitrogens with one attached hydrogen (secondary N) is 2. The van der Waals surface area contributed by atoms with Crippen molar-refractivity contribution in [1.29, 1.82) is 0 Å². The number of nitrogens with zero attached hydrogens (tertiary/aromatic N) is 2. The summed E-state index contributed by atoms with van der Waals surface area (Å²) < 4.78 is 13.4. The quantitative estimate of drug-likeness (QED) is 0.529. The van der Waals surface area contributed by atoms with E-state index in [0.29, 0.717) is 23.1 Å². The molecule has 0 saturated heterocycles. The monoisotopic (exact) mass is 420 g/mol. The van der Waals surface area contributed by atoms with Crippen LogP contribution in [0.5, 0.6) is 0 Å². The number of aromatic nitrogens is 3. The molecule has 0 saturated carbocycles. The van der Waals surface area contributed by atoms with Crippen LogP contribution in [0.1, 0.15) is 23.5 Å². The summed E-state index contributed by atoms with van der Waals surface area (Å²) in [5.74, 6) is 0.400. The first-order valence-corrected chi connectivity index (χ1v) is 11.4. The second kappa shape index (κ2) is 7.21. The summed E-state index contributed by atoms with van der Waals surface area (Å²) >= 11 is 0. The van der Waals surface area contributed by atoms with Gasteiger partial charge in [-0.2, -0.15) is 0 Å². The van der Waals surface area contributed by atoms with Crippen molar-refractivity contribution < 1.29 is 9.00 Å². The van der Waals surface area contributed by atoms with E-state index in [1.54, 1.807) is 24.5 Å². The van der Waals surface area contributed by atoms with Crippen molar-refractivity contribution in [3.8, 4) is 0 Å². The number of aromatic amines is 1. The molecule has 1 amide bonds. The molecule has 1 aliphatic heterocycles. The number of carbonyl (C=O) groups excluding carboxylic acids is 1. The number of amides is 1. The maximum absolute atomic E-state index is 13.4. The number of hydrogen-bond donors (Lipinski definition) is 2. The fourth-order valence-electron chi connectivity index (χ4n) is 4.20. The van der Waals surface area contributed by atoms with E-state index in [9.17, 15) is 13.8 Å². The third kappa shape index (κ3) is 3.04. The van der Waals surface area contributed by atoms with E-state index in [1.807, 2.05) is 36.5 Å². The molecule has 1 aliphatic rings. The lowest BCUT2D eigenvalue weighted by Crippen LogP contribution is -2.49. The van der Waals surface area contributed by atoms with Crippen molar-refractivity contribution in [1.82, 2.24) is 19.9 Å². The Morgan fingerprint density at radius 1 is 1.07 bits per heavy atom. The highest BCUT2D eigenvalue weighted by Gasteiger charge is 2.36. The van der Waals surface area contributed by atoms with Crippen LogP contribution in [0.2, 0.25) is 0 Å². The summed E-state index contributed by atoms with van der Waals surface area (Å²) in [4.78, 5) is 34.4. The first kappa shape index (κ1) is 18.7. The average Bonchev–Trinajstić information content (AvgIpc) is 3.14. The van der Waals surface area contributed by atoms with Crippen molar-refractivity contribution in [3.05, 3.63) is 76.5 Å². The number of rotatable bonds is 4. The number of hydrogen-bond acceptors (Lipinski definition) is 4. The summed E-state index contributed by atoms with van der Waals surface area (Å²) in [6.07, 6.45) is 3.81. The molecule has 8 heteroatoms. The molecule has 30 heavy (non-hydrogen) atoms. The van der Waals surface area contributed by atoms with Crippen LogP contribution in [0.4, 0.5) is 0 Å². The Hall–Kier alpha value is -3.26. The van der Waals surface area contributed by atoms with Gasteiger partial charge in [-0.3, -0.25) is 18.4 Å². The summed E-state index contributed by atoms with van der Waals surface area (Å²) in [6, 6.07) is 13.7. The molecule has 2 N–H and O–H groups in total. The number of H-pyrrole nitrogens is 1. The van der Waals surface area contributed by atoms with Crippen LogP contribution in [0, 0.1) is 0 Å². The Kier molecular flexibility index (Phi) is 4.51. The van der Waals surface area contributed by atoms with Gasteiger partial charge in [-0.25, -0.2) is 4.98 Å². The van der Waals surface area contributed by atoms with E-state index in [4.69, 9.17) is 4.98 Å². The van der Waals surface area contributed by atoms with Crippen LogP contribution in [-0.4, -0.2) is 36.7 Å². The smallest absolute Gasteiger partial charge is 0.262 e. The van der Waals surface area contributed by atoms with Gasteiger partial charge < -0.3 is 10.3 Å².